The SMILES string of the molecule is CCOc1ccc(C2(N=C=O)CCC2)c2cccnc12. The van der Waals surface area contributed by atoms with Crippen molar-refractivity contribution >= 4 is 17.0 Å². The molecule has 1 saturated carbocycles. The number of ether oxygens (including phenoxy) is 1. The maximum Gasteiger partial charge on any atom is 0.235 e. The van der Waals surface area contributed by atoms with E-state index in [1.807, 2.05) is 31.2 Å². The molecule has 0 aliphatic heterocycles. The summed E-state index contributed by atoms with van der Waals surface area (Å²) in [5.41, 5.74) is 1.48. The third-order valence-electron chi connectivity index (χ3n) is 3.97. The number of carbonyl (C=O) groups excluding carboxylic acids is 1. The molecule has 1 aliphatic carbocycles. The quantitative estimate of drug-likeness (QED) is 0.631. The second kappa shape index (κ2) is 5.06. The predicted octanol–water partition coefficient (Wildman–Crippen LogP) is 3.35. The van der Waals surface area contributed by atoms with Crippen molar-refractivity contribution in [3.63, 3.8) is 0 Å². The molecule has 4 nitrogen and oxygen atoms in total. The third-order valence-corrected chi connectivity index (χ3v) is 3.97. The number of benzene rings is 1. The molecular weight excluding hydrogens is 252 g/mol. The van der Waals surface area contributed by atoms with E-state index in [0.29, 0.717) is 6.61 Å². The van der Waals surface area contributed by atoms with Gasteiger partial charge in [0.15, 0.2) is 0 Å². The van der Waals surface area contributed by atoms with E-state index in [-0.39, 0.29) is 0 Å². The summed E-state index contributed by atoms with van der Waals surface area (Å²) in [4.78, 5) is 19.3. The summed E-state index contributed by atoms with van der Waals surface area (Å²) >= 11 is 0. The van der Waals surface area contributed by atoms with Crippen molar-refractivity contribution in [2.75, 3.05) is 6.61 Å². The Hall–Kier alpha value is -2.19. The highest BCUT2D eigenvalue weighted by Crippen LogP contribution is 2.47. The minimum absolute atomic E-state index is 0.409. The Labute approximate surface area is 117 Å². The normalized spacial score (nSPS) is 16.2. The molecule has 0 spiro atoms. The molecule has 0 unspecified atom stereocenters. The molecule has 0 radical (unpaired) electrons. The highest BCUT2D eigenvalue weighted by molar-refractivity contribution is 5.88. The Morgan fingerprint density at radius 2 is 2.25 bits per heavy atom. The van der Waals surface area contributed by atoms with E-state index in [9.17, 15) is 4.79 Å². The molecule has 0 bridgehead atoms. The average Bonchev–Trinajstić information content (AvgIpc) is 2.44. The van der Waals surface area contributed by atoms with Gasteiger partial charge >= 0.3 is 0 Å². The number of pyridine rings is 1. The van der Waals surface area contributed by atoms with E-state index in [4.69, 9.17) is 4.74 Å². The standard InChI is InChI=1S/C16H16N2O2/c1-2-20-14-7-6-13(12-5-3-10-17-15(12)14)16(18-11-19)8-4-9-16/h3,5-7,10H,2,4,8-9H2,1H3. The van der Waals surface area contributed by atoms with Gasteiger partial charge < -0.3 is 4.74 Å². The highest BCUT2D eigenvalue weighted by atomic mass is 16.5. The first kappa shape index (κ1) is 12.8. The van der Waals surface area contributed by atoms with Gasteiger partial charge in [-0.2, -0.15) is 4.99 Å². The molecule has 1 aromatic heterocycles. The molecule has 0 N–H and O–H groups in total. The smallest absolute Gasteiger partial charge is 0.235 e. The summed E-state index contributed by atoms with van der Waals surface area (Å²) < 4.78 is 5.63. The Bertz CT molecular complexity index is 686. The number of rotatable bonds is 4. The van der Waals surface area contributed by atoms with Gasteiger partial charge in [-0.1, -0.05) is 12.1 Å². The van der Waals surface area contributed by atoms with Crippen molar-refractivity contribution in [2.24, 2.45) is 4.99 Å². The van der Waals surface area contributed by atoms with Crippen LogP contribution in [0.2, 0.25) is 0 Å². The number of hydrogen-bond acceptors (Lipinski definition) is 4. The van der Waals surface area contributed by atoms with Crippen LogP contribution in [0.4, 0.5) is 0 Å². The van der Waals surface area contributed by atoms with Crippen LogP contribution in [0.3, 0.4) is 0 Å². The number of aromatic nitrogens is 1. The summed E-state index contributed by atoms with van der Waals surface area (Å²) in [7, 11) is 0. The van der Waals surface area contributed by atoms with Crippen molar-refractivity contribution in [2.45, 2.75) is 31.7 Å². The number of aliphatic imine (C=N–C) groups is 1. The van der Waals surface area contributed by atoms with E-state index in [0.717, 1.165) is 41.5 Å². The summed E-state index contributed by atoms with van der Waals surface area (Å²) in [5, 5.41) is 1.01. The Balaban J connectivity index is 2.22. The highest BCUT2D eigenvalue weighted by Gasteiger charge is 2.40. The van der Waals surface area contributed by atoms with Gasteiger partial charge in [0.2, 0.25) is 6.08 Å². The van der Waals surface area contributed by atoms with Gasteiger partial charge in [-0.05, 0) is 43.9 Å². The minimum Gasteiger partial charge on any atom is -0.492 e. The van der Waals surface area contributed by atoms with Crippen molar-refractivity contribution < 1.29 is 9.53 Å². The lowest BCUT2D eigenvalue weighted by Gasteiger charge is -2.37. The van der Waals surface area contributed by atoms with Gasteiger partial charge in [0.1, 0.15) is 11.3 Å². The molecule has 2 aromatic rings. The molecular formula is C16H16N2O2. The second-order valence-electron chi connectivity index (χ2n) is 5.03. The van der Waals surface area contributed by atoms with Crippen molar-refractivity contribution in [1.29, 1.82) is 0 Å². The lowest BCUT2D eigenvalue weighted by molar-refractivity contribution is 0.258. The topological polar surface area (TPSA) is 51.5 Å². The van der Waals surface area contributed by atoms with Crippen molar-refractivity contribution in [1.82, 2.24) is 4.98 Å². The zero-order valence-corrected chi connectivity index (χ0v) is 11.4. The molecule has 102 valence electrons. The van der Waals surface area contributed by atoms with E-state index in [1.165, 1.54) is 0 Å². The van der Waals surface area contributed by atoms with Gasteiger partial charge in [0.05, 0.1) is 12.1 Å². The summed E-state index contributed by atoms with van der Waals surface area (Å²) in [6, 6.07) is 7.85. The van der Waals surface area contributed by atoms with Crippen LogP contribution < -0.4 is 4.74 Å². The van der Waals surface area contributed by atoms with E-state index >= 15 is 0 Å². The third kappa shape index (κ3) is 1.89. The van der Waals surface area contributed by atoms with Crippen LogP contribution in [0.5, 0.6) is 5.75 Å². The molecule has 3 rings (SSSR count). The Kier molecular flexibility index (Phi) is 3.25. The molecule has 1 aromatic carbocycles. The number of hydrogen-bond donors (Lipinski definition) is 0. The molecule has 1 heterocycles. The average molecular weight is 268 g/mol. The lowest BCUT2D eigenvalue weighted by Crippen LogP contribution is -2.32. The summed E-state index contributed by atoms with van der Waals surface area (Å²) in [5.74, 6) is 0.774. The molecule has 0 saturated heterocycles. The molecule has 1 aliphatic rings. The van der Waals surface area contributed by atoms with Crippen LogP contribution in [-0.2, 0) is 10.3 Å². The number of nitrogens with zero attached hydrogens (tertiary/aromatic N) is 2. The van der Waals surface area contributed by atoms with E-state index < -0.39 is 5.54 Å². The number of fused-ring (bicyclic) bond motifs is 1. The van der Waals surface area contributed by atoms with Crippen molar-refractivity contribution in [3.8, 4) is 5.75 Å². The summed E-state index contributed by atoms with van der Waals surface area (Å²) in [6.45, 7) is 2.55. The fourth-order valence-corrected chi connectivity index (χ4v) is 2.86. The fourth-order valence-electron chi connectivity index (χ4n) is 2.86. The van der Waals surface area contributed by atoms with E-state index in [1.54, 1.807) is 12.3 Å². The molecule has 20 heavy (non-hydrogen) atoms. The zero-order valence-electron chi connectivity index (χ0n) is 11.4. The molecule has 0 amide bonds. The van der Waals surface area contributed by atoms with E-state index in [2.05, 4.69) is 9.98 Å². The second-order valence-corrected chi connectivity index (χ2v) is 5.03. The zero-order chi connectivity index (χ0) is 14.0. The Morgan fingerprint density at radius 3 is 2.90 bits per heavy atom. The van der Waals surface area contributed by atoms with Crippen LogP contribution in [0.15, 0.2) is 35.5 Å². The lowest BCUT2D eigenvalue weighted by atomic mass is 9.71. The van der Waals surface area contributed by atoms with Crippen LogP contribution in [0.25, 0.3) is 10.9 Å². The van der Waals surface area contributed by atoms with Crippen LogP contribution in [0.1, 0.15) is 31.7 Å². The van der Waals surface area contributed by atoms with Crippen molar-refractivity contribution in [3.05, 3.63) is 36.0 Å². The minimum atomic E-state index is -0.409. The van der Waals surface area contributed by atoms with Crippen LogP contribution >= 0.6 is 0 Å². The van der Waals surface area contributed by atoms with Gasteiger partial charge in [-0.3, -0.25) is 4.98 Å². The van der Waals surface area contributed by atoms with Gasteiger partial charge in [-0.25, -0.2) is 4.79 Å². The van der Waals surface area contributed by atoms with Gasteiger partial charge in [-0.15, -0.1) is 0 Å². The van der Waals surface area contributed by atoms with Gasteiger partial charge in [0.25, 0.3) is 0 Å². The largest absolute Gasteiger partial charge is 0.492 e. The molecule has 4 heteroatoms. The molecule has 1 fully saturated rings. The summed E-state index contributed by atoms with van der Waals surface area (Å²) in [6.07, 6.45) is 6.35. The maximum atomic E-state index is 10.8. The molecule has 0 atom stereocenters. The van der Waals surface area contributed by atoms with Crippen LogP contribution in [0, 0.1) is 0 Å². The van der Waals surface area contributed by atoms with Gasteiger partial charge in [0, 0.05) is 11.6 Å². The first-order valence-electron chi connectivity index (χ1n) is 6.91. The first-order valence-corrected chi connectivity index (χ1v) is 6.91. The first-order chi connectivity index (χ1) is 9.80. The monoisotopic (exact) mass is 268 g/mol. The fraction of sp³-hybridized carbons (Fsp3) is 0.375. The van der Waals surface area contributed by atoms with Crippen LogP contribution in [-0.4, -0.2) is 17.7 Å². The maximum absolute atomic E-state index is 10.8. The Morgan fingerprint density at radius 1 is 1.40 bits per heavy atom. The predicted molar refractivity (Wildman–Crippen MR) is 76.6 cm³/mol. The number of isocyanates is 1.